The zero-order valence-electron chi connectivity index (χ0n) is 14.8. The Morgan fingerprint density at radius 1 is 0.929 bits per heavy atom. The minimum atomic E-state index is -3.80. The summed E-state index contributed by atoms with van der Waals surface area (Å²) in [6, 6.07) is 19.3. The number of rotatable bonds is 6. The van der Waals surface area contributed by atoms with E-state index in [1.54, 1.807) is 36.4 Å². The normalized spacial score (nSPS) is 10.9. The molecule has 0 aliphatic rings. The number of amides is 1. The average Bonchev–Trinajstić information content (AvgIpc) is 2.68. The quantitative estimate of drug-likeness (QED) is 0.623. The molecule has 3 aromatic rings. The molecule has 0 fully saturated rings. The molecular weight excluding hydrogens is 400 g/mol. The van der Waals surface area contributed by atoms with E-state index in [4.69, 9.17) is 16.3 Å². The van der Waals surface area contributed by atoms with Crippen molar-refractivity contribution in [2.75, 3.05) is 17.1 Å². The number of methoxy groups -OCH3 is 1. The minimum absolute atomic E-state index is 0.0790. The Labute approximate surface area is 168 Å². The number of halogens is 1. The minimum Gasteiger partial charge on any atom is -0.497 e. The van der Waals surface area contributed by atoms with Gasteiger partial charge in [0.15, 0.2) is 0 Å². The molecule has 0 spiro atoms. The van der Waals surface area contributed by atoms with Gasteiger partial charge in [-0.1, -0.05) is 29.8 Å². The summed E-state index contributed by atoms with van der Waals surface area (Å²) in [6.45, 7) is 0. The number of anilines is 2. The molecule has 8 heteroatoms. The molecule has 144 valence electrons. The zero-order valence-corrected chi connectivity index (χ0v) is 16.4. The average molecular weight is 417 g/mol. The Balaban J connectivity index is 1.77. The van der Waals surface area contributed by atoms with Crippen molar-refractivity contribution in [2.45, 2.75) is 4.90 Å². The van der Waals surface area contributed by atoms with Crippen LogP contribution < -0.4 is 14.8 Å². The molecule has 2 N–H and O–H groups in total. The molecule has 0 saturated heterocycles. The summed E-state index contributed by atoms with van der Waals surface area (Å²) in [5, 5.41) is 2.86. The van der Waals surface area contributed by atoms with Crippen LogP contribution in [-0.4, -0.2) is 21.4 Å². The standard InChI is InChI=1S/C20H17ClN2O4S/c1-27-16-8-10-17(11-9-16)28(25,26)23-15-7-12-18(19(21)13-15)20(24)22-14-5-3-2-4-6-14/h2-13,23H,1H3,(H,22,24). The lowest BCUT2D eigenvalue weighted by Crippen LogP contribution is -2.14. The second-order valence-electron chi connectivity index (χ2n) is 5.80. The number of hydrogen-bond acceptors (Lipinski definition) is 4. The van der Waals surface area contributed by atoms with Crippen LogP contribution in [0.4, 0.5) is 11.4 Å². The smallest absolute Gasteiger partial charge is 0.261 e. The van der Waals surface area contributed by atoms with Gasteiger partial charge < -0.3 is 10.1 Å². The number of nitrogens with one attached hydrogen (secondary N) is 2. The van der Waals surface area contributed by atoms with E-state index in [-0.39, 0.29) is 27.1 Å². The van der Waals surface area contributed by atoms with Crippen LogP contribution in [0.1, 0.15) is 10.4 Å². The largest absolute Gasteiger partial charge is 0.497 e. The molecule has 0 unspecified atom stereocenters. The molecule has 0 saturated carbocycles. The highest BCUT2D eigenvalue weighted by molar-refractivity contribution is 7.92. The van der Waals surface area contributed by atoms with E-state index in [1.165, 1.54) is 37.4 Å². The maximum absolute atomic E-state index is 12.5. The van der Waals surface area contributed by atoms with Crippen molar-refractivity contribution in [3.8, 4) is 5.75 Å². The van der Waals surface area contributed by atoms with Crippen LogP contribution in [0, 0.1) is 0 Å². The molecule has 3 aromatic carbocycles. The van der Waals surface area contributed by atoms with Crippen molar-refractivity contribution in [3.63, 3.8) is 0 Å². The van der Waals surface area contributed by atoms with E-state index in [0.717, 1.165) is 0 Å². The van der Waals surface area contributed by atoms with Gasteiger partial charge in [0.1, 0.15) is 5.75 Å². The van der Waals surface area contributed by atoms with Gasteiger partial charge in [-0.3, -0.25) is 9.52 Å². The highest BCUT2D eigenvalue weighted by Crippen LogP contribution is 2.25. The van der Waals surface area contributed by atoms with Crippen LogP contribution in [-0.2, 0) is 10.0 Å². The first-order valence-corrected chi connectivity index (χ1v) is 10.1. The molecule has 1 amide bonds. The third-order valence-electron chi connectivity index (χ3n) is 3.87. The summed E-state index contributed by atoms with van der Waals surface area (Å²) in [5.41, 5.74) is 1.11. The first kappa shape index (κ1) is 19.7. The number of carbonyl (C=O) groups is 1. The zero-order chi connectivity index (χ0) is 20.1. The Hall–Kier alpha value is -3.03. The fourth-order valence-corrected chi connectivity index (χ4v) is 3.77. The molecule has 0 aromatic heterocycles. The Morgan fingerprint density at radius 3 is 2.21 bits per heavy atom. The van der Waals surface area contributed by atoms with Crippen LogP contribution in [0.5, 0.6) is 5.75 Å². The predicted octanol–water partition coefficient (Wildman–Crippen LogP) is 4.40. The van der Waals surface area contributed by atoms with Gasteiger partial charge in [-0.25, -0.2) is 8.42 Å². The van der Waals surface area contributed by atoms with Crippen molar-refractivity contribution in [3.05, 3.63) is 83.4 Å². The van der Waals surface area contributed by atoms with Crippen LogP contribution in [0.2, 0.25) is 5.02 Å². The topological polar surface area (TPSA) is 84.5 Å². The Morgan fingerprint density at radius 2 is 1.61 bits per heavy atom. The van der Waals surface area contributed by atoms with Gasteiger partial charge in [-0.05, 0) is 54.6 Å². The van der Waals surface area contributed by atoms with Crippen molar-refractivity contribution in [1.82, 2.24) is 0 Å². The third-order valence-corrected chi connectivity index (χ3v) is 5.58. The van der Waals surface area contributed by atoms with E-state index >= 15 is 0 Å². The van der Waals surface area contributed by atoms with Gasteiger partial charge in [-0.15, -0.1) is 0 Å². The summed E-state index contributed by atoms with van der Waals surface area (Å²) < 4.78 is 32.5. The van der Waals surface area contributed by atoms with E-state index in [1.807, 2.05) is 6.07 Å². The van der Waals surface area contributed by atoms with Gasteiger partial charge in [0, 0.05) is 5.69 Å². The molecule has 0 bridgehead atoms. The summed E-state index contributed by atoms with van der Waals surface area (Å²) in [6.07, 6.45) is 0. The van der Waals surface area contributed by atoms with Gasteiger partial charge in [0.05, 0.1) is 28.3 Å². The van der Waals surface area contributed by atoms with Crippen molar-refractivity contribution < 1.29 is 17.9 Å². The van der Waals surface area contributed by atoms with E-state index < -0.39 is 10.0 Å². The first-order valence-electron chi connectivity index (χ1n) is 8.22. The third kappa shape index (κ3) is 4.62. The van der Waals surface area contributed by atoms with Crippen molar-refractivity contribution >= 4 is 38.9 Å². The molecule has 28 heavy (non-hydrogen) atoms. The molecule has 0 radical (unpaired) electrons. The highest BCUT2D eigenvalue weighted by Gasteiger charge is 2.16. The lowest BCUT2D eigenvalue weighted by molar-refractivity contribution is 0.102. The Kier molecular flexibility index (Phi) is 5.87. The van der Waals surface area contributed by atoms with Crippen LogP contribution in [0.15, 0.2) is 77.7 Å². The molecule has 3 rings (SSSR count). The van der Waals surface area contributed by atoms with Crippen LogP contribution in [0.3, 0.4) is 0 Å². The first-order chi connectivity index (χ1) is 13.4. The molecule has 0 aliphatic heterocycles. The lowest BCUT2D eigenvalue weighted by atomic mass is 10.2. The summed E-state index contributed by atoms with van der Waals surface area (Å²) in [4.78, 5) is 12.4. The monoisotopic (exact) mass is 416 g/mol. The van der Waals surface area contributed by atoms with E-state index in [9.17, 15) is 13.2 Å². The molecule has 0 aliphatic carbocycles. The van der Waals surface area contributed by atoms with Gasteiger partial charge >= 0.3 is 0 Å². The van der Waals surface area contributed by atoms with E-state index in [0.29, 0.717) is 11.4 Å². The van der Waals surface area contributed by atoms with Gasteiger partial charge in [0.25, 0.3) is 15.9 Å². The predicted molar refractivity (Wildman–Crippen MR) is 110 cm³/mol. The number of para-hydroxylation sites is 1. The second-order valence-corrected chi connectivity index (χ2v) is 7.89. The number of sulfonamides is 1. The number of hydrogen-bond donors (Lipinski definition) is 2. The Bertz CT molecular complexity index is 1080. The highest BCUT2D eigenvalue weighted by atomic mass is 35.5. The molecule has 6 nitrogen and oxygen atoms in total. The van der Waals surface area contributed by atoms with Crippen molar-refractivity contribution in [1.29, 1.82) is 0 Å². The number of ether oxygens (including phenoxy) is 1. The summed E-state index contributed by atoms with van der Waals surface area (Å²) in [7, 11) is -2.30. The SMILES string of the molecule is COc1ccc(S(=O)(=O)Nc2ccc(C(=O)Nc3ccccc3)c(Cl)c2)cc1. The fraction of sp³-hybridized carbons (Fsp3) is 0.0500. The number of benzene rings is 3. The maximum Gasteiger partial charge on any atom is 0.261 e. The lowest BCUT2D eigenvalue weighted by Gasteiger charge is -2.11. The maximum atomic E-state index is 12.5. The summed E-state index contributed by atoms with van der Waals surface area (Å²) >= 11 is 6.19. The second kappa shape index (κ2) is 8.33. The van der Waals surface area contributed by atoms with Gasteiger partial charge in [0.2, 0.25) is 0 Å². The van der Waals surface area contributed by atoms with Gasteiger partial charge in [-0.2, -0.15) is 0 Å². The summed E-state index contributed by atoms with van der Waals surface area (Å²) in [5.74, 6) is 0.163. The molecule has 0 heterocycles. The van der Waals surface area contributed by atoms with E-state index in [2.05, 4.69) is 10.0 Å². The molecule has 0 atom stereocenters. The van der Waals surface area contributed by atoms with Crippen molar-refractivity contribution in [2.24, 2.45) is 0 Å². The molecular formula is C20H17ClN2O4S. The fourth-order valence-electron chi connectivity index (χ4n) is 2.45. The van der Waals surface area contributed by atoms with Crippen LogP contribution in [0.25, 0.3) is 0 Å². The number of carbonyl (C=O) groups excluding carboxylic acids is 1. The van der Waals surface area contributed by atoms with Crippen LogP contribution >= 0.6 is 11.6 Å².